The van der Waals surface area contributed by atoms with E-state index in [1.54, 1.807) is 0 Å². The van der Waals surface area contributed by atoms with Crippen LogP contribution in [0.15, 0.2) is 24.3 Å². The highest BCUT2D eigenvalue weighted by atomic mass is 16.4. The van der Waals surface area contributed by atoms with Crippen LogP contribution in [0.25, 0.3) is 5.57 Å². The molecule has 0 atom stereocenters. The molecule has 0 aliphatic rings. The Morgan fingerprint density at radius 2 is 1.81 bits per heavy atom. The molecular formula is C14H18O2. The summed E-state index contributed by atoms with van der Waals surface area (Å²) in [5, 5.41) is 8.83. The van der Waals surface area contributed by atoms with Gasteiger partial charge in [-0.3, -0.25) is 0 Å². The minimum atomic E-state index is -0.873. The van der Waals surface area contributed by atoms with Gasteiger partial charge in [0, 0.05) is 6.08 Å². The topological polar surface area (TPSA) is 37.3 Å². The van der Waals surface area contributed by atoms with Crippen molar-refractivity contribution in [3.8, 4) is 0 Å². The van der Waals surface area contributed by atoms with Crippen molar-refractivity contribution in [3.63, 3.8) is 0 Å². The molecule has 1 aromatic rings. The lowest BCUT2D eigenvalue weighted by molar-refractivity contribution is -0.131. The molecule has 0 radical (unpaired) electrons. The second-order valence-corrected chi connectivity index (χ2v) is 4.13. The lowest BCUT2D eigenvalue weighted by Crippen LogP contribution is -1.94. The van der Waals surface area contributed by atoms with E-state index >= 15 is 0 Å². The van der Waals surface area contributed by atoms with E-state index in [0.717, 1.165) is 24.0 Å². The van der Waals surface area contributed by atoms with Crippen LogP contribution in [-0.4, -0.2) is 11.1 Å². The fourth-order valence-corrected chi connectivity index (χ4v) is 1.88. The summed E-state index contributed by atoms with van der Waals surface area (Å²) in [4.78, 5) is 10.8. The first-order chi connectivity index (χ1) is 7.52. The average molecular weight is 218 g/mol. The van der Waals surface area contributed by atoms with E-state index in [2.05, 4.69) is 13.0 Å². The third-order valence-electron chi connectivity index (χ3n) is 2.41. The van der Waals surface area contributed by atoms with Crippen LogP contribution in [0, 0.1) is 13.8 Å². The Hall–Kier alpha value is -1.57. The first-order valence-electron chi connectivity index (χ1n) is 5.55. The van der Waals surface area contributed by atoms with Crippen molar-refractivity contribution in [1.29, 1.82) is 0 Å². The van der Waals surface area contributed by atoms with E-state index in [0.29, 0.717) is 0 Å². The third-order valence-corrected chi connectivity index (χ3v) is 2.41. The zero-order chi connectivity index (χ0) is 12.1. The maximum atomic E-state index is 10.8. The number of carbonyl (C=O) groups is 1. The molecule has 0 amide bonds. The second kappa shape index (κ2) is 5.50. The number of carboxylic acid groups (broad SMARTS) is 1. The molecule has 2 heteroatoms. The molecule has 0 aromatic heterocycles. The highest BCUT2D eigenvalue weighted by molar-refractivity contribution is 5.90. The molecule has 0 saturated carbocycles. The number of rotatable bonds is 4. The lowest BCUT2D eigenvalue weighted by atomic mass is 9.97. The molecule has 0 aliphatic heterocycles. The molecule has 2 nitrogen and oxygen atoms in total. The minimum Gasteiger partial charge on any atom is -0.478 e. The Morgan fingerprint density at radius 1 is 1.25 bits per heavy atom. The predicted molar refractivity (Wildman–Crippen MR) is 66.4 cm³/mol. The molecular weight excluding hydrogens is 200 g/mol. The Kier molecular flexibility index (Phi) is 4.29. The van der Waals surface area contributed by atoms with E-state index in [4.69, 9.17) is 5.11 Å². The molecule has 1 N–H and O–H groups in total. The molecule has 0 saturated heterocycles. The van der Waals surface area contributed by atoms with Crippen LogP contribution in [0.2, 0.25) is 0 Å². The van der Waals surface area contributed by atoms with Gasteiger partial charge < -0.3 is 5.11 Å². The van der Waals surface area contributed by atoms with Crippen LogP contribution in [-0.2, 0) is 4.79 Å². The van der Waals surface area contributed by atoms with Crippen molar-refractivity contribution in [2.75, 3.05) is 0 Å². The normalized spacial score (nSPS) is 11.6. The molecule has 0 heterocycles. The Labute approximate surface area is 96.6 Å². The van der Waals surface area contributed by atoms with Gasteiger partial charge >= 0.3 is 5.97 Å². The number of aryl methyl sites for hydroxylation is 2. The summed E-state index contributed by atoms with van der Waals surface area (Å²) in [6.45, 7) is 6.11. The van der Waals surface area contributed by atoms with Crippen molar-refractivity contribution in [3.05, 3.63) is 41.0 Å². The van der Waals surface area contributed by atoms with Gasteiger partial charge in [-0.2, -0.15) is 0 Å². The van der Waals surface area contributed by atoms with E-state index in [1.165, 1.54) is 17.2 Å². The molecule has 0 bridgehead atoms. The smallest absolute Gasteiger partial charge is 0.328 e. The SMILES string of the molecule is CCC/C(=C\C(=O)O)c1cc(C)cc(C)c1. The van der Waals surface area contributed by atoms with Gasteiger partial charge in [0.2, 0.25) is 0 Å². The summed E-state index contributed by atoms with van der Waals surface area (Å²) in [5.74, 6) is -0.873. The van der Waals surface area contributed by atoms with E-state index < -0.39 is 5.97 Å². The molecule has 0 aliphatic carbocycles. The third kappa shape index (κ3) is 3.54. The number of carboxylic acids is 1. The van der Waals surface area contributed by atoms with Crippen LogP contribution in [0.3, 0.4) is 0 Å². The maximum absolute atomic E-state index is 10.8. The number of benzene rings is 1. The predicted octanol–water partition coefficient (Wildman–Crippen LogP) is 3.57. The lowest BCUT2D eigenvalue weighted by Gasteiger charge is -2.08. The largest absolute Gasteiger partial charge is 0.478 e. The summed E-state index contributed by atoms with van der Waals surface area (Å²) in [6.07, 6.45) is 3.07. The van der Waals surface area contributed by atoms with Crippen molar-refractivity contribution in [2.24, 2.45) is 0 Å². The first-order valence-corrected chi connectivity index (χ1v) is 5.55. The summed E-state index contributed by atoms with van der Waals surface area (Å²) in [7, 11) is 0. The number of allylic oxidation sites excluding steroid dienone is 1. The van der Waals surface area contributed by atoms with Crippen LogP contribution < -0.4 is 0 Å². The van der Waals surface area contributed by atoms with E-state index in [-0.39, 0.29) is 0 Å². The van der Waals surface area contributed by atoms with Gasteiger partial charge in [-0.15, -0.1) is 0 Å². The zero-order valence-corrected chi connectivity index (χ0v) is 10.1. The molecule has 86 valence electrons. The van der Waals surface area contributed by atoms with Gasteiger partial charge in [-0.25, -0.2) is 4.79 Å². The maximum Gasteiger partial charge on any atom is 0.328 e. The van der Waals surface area contributed by atoms with Crippen LogP contribution in [0.4, 0.5) is 0 Å². The number of hydrogen-bond acceptors (Lipinski definition) is 1. The average Bonchev–Trinajstić information content (AvgIpc) is 2.14. The van der Waals surface area contributed by atoms with Gasteiger partial charge in [0.25, 0.3) is 0 Å². The summed E-state index contributed by atoms with van der Waals surface area (Å²) in [5.41, 5.74) is 4.27. The van der Waals surface area contributed by atoms with Crippen molar-refractivity contribution >= 4 is 11.5 Å². The monoisotopic (exact) mass is 218 g/mol. The molecule has 1 rings (SSSR count). The Balaban J connectivity index is 3.15. The highest BCUT2D eigenvalue weighted by Crippen LogP contribution is 2.22. The first kappa shape index (κ1) is 12.5. The van der Waals surface area contributed by atoms with Crippen molar-refractivity contribution in [2.45, 2.75) is 33.6 Å². The Morgan fingerprint density at radius 3 is 2.25 bits per heavy atom. The minimum absolute atomic E-state index is 0.801. The summed E-state index contributed by atoms with van der Waals surface area (Å²) >= 11 is 0. The number of hydrogen-bond donors (Lipinski definition) is 1. The standard InChI is InChI=1S/C14H18O2/c1-4-5-12(9-14(15)16)13-7-10(2)6-11(3)8-13/h6-9H,4-5H2,1-3H3,(H,15,16)/b12-9+. The highest BCUT2D eigenvalue weighted by Gasteiger charge is 2.04. The van der Waals surface area contributed by atoms with Gasteiger partial charge in [0.15, 0.2) is 0 Å². The molecule has 1 aromatic carbocycles. The fraction of sp³-hybridized carbons (Fsp3) is 0.357. The van der Waals surface area contributed by atoms with Crippen LogP contribution in [0.1, 0.15) is 36.5 Å². The van der Waals surface area contributed by atoms with Gasteiger partial charge in [-0.05, 0) is 31.4 Å². The van der Waals surface area contributed by atoms with Crippen molar-refractivity contribution < 1.29 is 9.90 Å². The van der Waals surface area contributed by atoms with Gasteiger partial charge in [0.1, 0.15) is 0 Å². The van der Waals surface area contributed by atoms with E-state index in [1.807, 2.05) is 26.0 Å². The second-order valence-electron chi connectivity index (χ2n) is 4.13. The van der Waals surface area contributed by atoms with Gasteiger partial charge in [0.05, 0.1) is 0 Å². The summed E-state index contributed by atoms with van der Waals surface area (Å²) in [6, 6.07) is 6.17. The van der Waals surface area contributed by atoms with E-state index in [9.17, 15) is 4.79 Å². The Bertz CT molecular complexity index is 396. The van der Waals surface area contributed by atoms with Crippen LogP contribution in [0.5, 0.6) is 0 Å². The molecule has 0 spiro atoms. The molecule has 0 unspecified atom stereocenters. The summed E-state index contributed by atoms with van der Waals surface area (Å²) < 4.78 is 0. The van der Waals surface area contributed by atoms with Crippen LogP contribution >= 0.6 is 0 Å². The molecule has 0 fully saturated rings. The number of aliphatic carboxylic acids is 1. The quantitative estimate of drug-likeness (QED) is 0.784. The van der Waals surface area contributed by atoms with Crippen molar-refractivity contribution in [1.82, 2.24) is 0 Å². The van der Waals surface area contributed by atoms with Gasteiger partial charge in [-0.1, -0.05) is 42.7 Å². The fourth-order valence-electron chi connectivity index (χ4n) is 1.88. The zero-order valence-electron chi connectivity index (χ0n) is 10.1. The molecule has 16 heavy (non-hydrogen) atoms.